The summed E-state index contributed by atoms with van der Waals surface area (Å²) in [4.78, 5) is 12.1. The Labute approximate surface area is 103 Å². The maximum absolute atomic E-state index is 12.1. The first kappa shape index (κ1) is 13.7. The molecule has 0 amide bonds. The molecule has 0 saturated carbocycles. The Kier molecular flexibility index (Phi) is 4.70. The van der Waals surface area contributed by atoms with Crippen LogP contribution in [0.2, 0.25) is 0 Å². The lowest BCUT2D eigenvalue weighted by Gasteiger charge is -2.13. The third kappa shape index (κ3) is 3.07. The summed E-state index contributed by atoms with van der Waals surface area (Å²) in [5.41, 5.74) is 8.22. The topological polar surface area (TPSA) is 52.3 Å². The van der Waals surface area contributed by atoms with Crippen molar-refractivity contribution in [2.45, 2.75) is 27.2 Å². The van der Waals surface area contributed by atoms with Crippen molar-refractivity contribution in [3.05, 3.63) is 28.8 Å². The van der Waals surface area contributed by atoms with Gasteiger partial charge in [-0.15, -0.1) is 0 Å². The zero-order valence-electron chi connectivity index (χ0n) is 11.0. The number of nitrogens with two attached hydrogens (primary N) is 1. The van der Waals surface area contributed by atoms with Gasteiger partial charge in [-0.05, 0) is 50.1 Å². The predicted octanol–water partition coefficient (Wildman–Crippen LogP) is 2.48. The van der Waals surface area contributed by atoms with Gasteiger partial charge < -0.3 is 10.5 Å². The highest BCUT2D eigenvalue weighted by Crippen LogP contribution is 2.25. The fourth-order valence-electron chi connectivity index (χ4n) is 2.08. The molecule has 0 saturated heterocycles. The molecule has 3 heteroatoms. The molecule has 0 spiro atoms. The average Bonchev–Trinajstić information content (AvgIpc) is 2.27. The zero-order valence-corrected chi connectivity index (χ0v) is 11.0. The number of hydrogen-bond donors (Lipinski definition) is 1. The van der Waals surface area contributed by atoms with Crippen LogP contribution >= 0.6 is 0 Å². The second kappa shape index (κ2) is 5.82. The molecule has 3 nitrogen and oxygen atoms in total. The number of carbonyl (C=O) groups excluding carboxylic acids is 1. The van der Waals surface area contributed by atoms with E-state index in [2.05, 4.69) is 0 Å². The fourth-order valence-corrected chi connectivity index (χ4v) is 2.08. The maximum Gasteiger partial charge on any atom is 0.165 e. The standard InChI is InChI=1S/C14H21NO2/c1-9(5-6-15)13(16)12-7-10(2)14(17-4)11(3)8-12/h7-9H,5-6,15H2,1-4H3. The van der Waals surface area contributed by atoms with E-state index in [0.29, 0.717) is 6.54 Å². The molecule has 1 atom stereocenters. The van der Waals surface area contributed by atoms with Crippen LogP contribution in [-0.2, 0) is 0 Å². The van der Waals surface area contributed by atoms with Crippen molar-refractivity contribution in [3.8, 4) is 5.75 Å². The van der Waals surface area contributed by atoms with E-state index in [0.717, 1.165) is 28.9 Å². The largest absolute Gasteiger partial charge is 0.496 e. The first-order valence-electron chi connectivity index (χ1n) is 5.90. The summed E-state index contributed by atoms with van der Waals surface area (Å²) in [7, 11) is 1.65. The number of benzene rings is 1. The molecule has 0 radical (unpaired) electrons. The van der Waals surface area contributed by atoms with Crippen LogP contribution in [0.4, 0.5) is 0 Å². The van der Waals surface area contributed by atoms with Gasteiger partial charge in [-0.2, -0.15) is 0 Å². The van der Waals surface area contributed by atoms with E-state index in [9.17, 15) is 4.79 Å². The fraction of sp³-hybridized carbons (Fsp3) is 0.500. The normalized spacial score (nSPS) is 12.3. The summed E-state index contributed by atoms with van der Waals surface area (Å²) >= 11 is 0. The van der Waals surface area contributed by atoms with Crippen LogP contribution in [0.25, 0.3) is 0 Å². The molecule has 0 aliphatic heterocycles. The minimum Gasteiger partial charge on any atom is -0.496 e. The van der Waals surface area contributed by atoms with Gasteiger partial charge in [-0.1, -0.05) is 6.92 Å². The molecule has 94 valence electrons. The van der Waals surface area contributed by atoms with Gasteiger partial charge in [0.05, 0.1) is 7.11 Å². The monoisotopic (exact) mass is 235 g/mol. The number of aryl methyl sites for hydroxylation is 2. The van der Waals surface area contributed by atoms with Crippen LogP contribution in [0.15, 0.2) is 12.1 Å². The quantitative estimate of drug-likeness (QED) is 0.798. The van der Waals surface area contributed by atoms with Crippen molar-refractivity contribution in [1.29, 1.82) is 0 Å². The molecule has 17 heavy (non-hydrogen) atoms. The number of methoxy groups -OCH3 is 1. The smallest absolute Gasteiger partial charge is 0.165 e. The number of rotatable bonds is 5. The number of Topliss-reactive ketones (excluding diaryl/α,β-unsaturated/α-hetero) is 1. The molecule has 0 bridgehead atoms. The summed E-state index contributed by atoms with van der Waals surface area (Å²) in [5, 5.41) is 0. The summed E-state index contributed by atoms with van der Waals surface area (Å²) in [6.07, 6.45) is 0.725. The predicted molar refractivity (Wildman–Crippen MR) is 69.6 cm³/mol. The Morgan fingerprint density at radius 3 is 2.29 bits per heavy atom. The summed E-state index contributed by atoms with van der Waals surface area (Å²) in [5.74, 6) is 0.990. The average molecular weight is 235 g/mol. The van der Waals surface area contributed by atoms with E-state index in [1.165, 1.54) is 0 Å². The van der Waals surface area contributed by atoms with Gasteiger partial charge in [0.2, 0.25) is 0 Å². The van der Waals surface area contributed by atoms with Gasteiger partial charge in [-0.25, -0.2) is 0 Å². The van der Waals surface area contributed by atoms with Crippen LogP contribution in [0, 0.1) is 19.8 Å². The van der Waals surface area contributed by atoms with E-state index in [-0.39, 0.29) is 11.7 Å². The molecule has 1 aromatic carbocycles. The van der Waals surface area contributed by atoms with Crippen LogP contribution in [0.5, 0.6) is 5.75 Å². The Balaban J connectivity index is 3.04. The molecule has 0 aliphatic carbocycles. The highest BCUT2D eigenvalue weighted by Gasteiger charge is 2.16. The van der Waals surface area contributed by atoms with Crippen molar-refractivity contribution in [3.63, 3.8) is 0 Å². The molecule has 2 N–H and O–H groups in total. The van der Waals surface area contributed by atoms with E-state index in [1.807, 2.05) is 32.9 Å². The number of ketones is 1. The zero-order chi connectivity index (χ0) is 13.0. The lowest BCUT2D eigenvalue weighted by molar-refractivity contribution is 0.0925. The molecule has 1 aromatic rings. The van der Waals surface area contributed by atoms with Crippen molar-refractivity contribution in [2.75, 3.05) is 13.7 Å². The Morgan fingerprint density at radius 2 is 1.88 bits per heavy atom. The van der Waals surface area contributed by atoms with Crippen molar-refractivity contribution in [2.24, 2.45) is 11.7 Å². The van der Waals surface area contributed by atoms with Crippen molar-refractivity contribution >= 4 is 5.78 Å². The molecule has 1 rings (SSSR count). The number of carbonyl (C=O) groups is 1. The third-order valence-electron chi connectivity index (χ3n) is 3.00. The lowest BCUT2D eigenvalue weighted by Crippen LogP contribution is -2.16. The lowest BCUT2D eigenvalue weighted by atomic mass is 9.94. The van der Waals surface area contributed by atoms with Gasteiger partial charge in [0.25, 0.3) is 0 Å². The van der Waals surface area contributed by atoms with E-state index in [4.69, 9.17) is 10.5 Å². The first-order valence-corrected chi connectivity index (χ1v) is 5.90. The van der Waals surface area contributed by atoms with Crippen molar-refractivity contribution < 1.29 is 9.53 Å². The number of hydrogen-bond acceptors (Lipinski definition) is 3. The molecule has 1 unspecified atom stereocenters. The maximum atomic E-state index is 12.1. The van der Waals surface area contributed by atoms with Crippen molar-refractivity contribution in [1.82, 2.24) is 0 Å². The Hall–Kier alpha value is -1.35. The minimum absolute atomic E-state index is 0.0211. The van der Waals surface area contributed by atoms with Gasteiger partial charge in [-0.3, -0.25) is 4.79 Å². The second-order valence-electron chi connectivity index (χ2n) is 4.49. The second-order valence-corrected chi connectivity index (χ2v) is 4.49. The molecular formula is C14H21NO2. The minimum atomic E-state index is -0.0211. The highest BCUT2D eigenvalue weighted by molar-refractivity contribution is 5.98. The molecule has 0 fully saturated rings. The summed E-state index contributed by atoms with van der Waals surface area (Å²) in [6.45, 7) is 6.37. The van der Waals surface area contributed by atoms with Crippen LogP contribution in [0.1, 0.15) is 34.8 Å². The van der Waals surface area contributed by atoms with Gasteiger partial charge in [0.1, 0.15) is 5.75 Å². The first-order chi connectivity index (χ1) is 8.01. The van der Waals surface area contributed by atoms with Crippen LogP contribution in [-0.4, -0.2) is 19.4 Å². The Morgan fingerprint density at radius 1 is 1.35 bits per heavy atom. The molecular weight excluding hydrogens is 214 g/mol. The van der Waals surface area contributed by atoms with Crippen LogP contribution in [0.3, 0.4) is 0 Å². The molecule has 0 aliphatic rings. The van der Waals surface area contributed by atoms with Gasteiger partial charge in [0.15, 0.2) is 5.78 Å². The molecule has 0 heterocycles. The SMILES string of the molecule is COc1c(C)cc(C(=O)C(C)CCN)cc1C. The molecule has 0 aromatic heterocycles. The highest BCUT2D eigenvalue weighted by atomic mass is 16.5. The van der Waals surface area contributed by atoms with E-state index >= 15 is 0 Å². The van der Waals surface area contributed by atoms with Crippen LogP contribution < -0.4 is 10.5 Å². The van der Waals surface area contributed by atoms with Gasteiger partial charge in [0, 0.05) is 11.5 Å². The van der Waals surface area contributed by atoms with E-state index < -0.39 is 0 Å². The summed E-state index contributed by atoms with van der Waals surface area (Å²) in [6, 6.07) is 3.78. The number of ether oxygens (including phenoxy) is 1. The van der Waals surface area contributed by atoms with E-state index in [1.54, 1.807) is 7.11 Å². The van der Waals surface area contributed by atoms with Gasteiger partial charge >= 0.3 is 0 Å². The third-order valence-corrected chi connectivity index (χ3v) is 3.00. The Bertz CT molecular complexity index is 390. The summed E-state index contributed by atoms with van der Waals surface area (Å²) < 4.78 is 5.29.